The maximum Gasteiger partial charge on any atom is 0.262 e. The fourth-order valence-electron chi connectivity index (χ4n) is 2.71. The van der Waals surface area contributed by atoms with Gasteiger partial charge in [-0.1, -0.05) is 35.9 Å². The van der Waals surface area contributed by atoms with Crippen molar-refractivity contribution in [2.24, 2.45) is 0 Å². The topological polar surface area (TPSA) is 67.4 Å². The molecule has 3 aromatic carbocycles. The van der Waals surface area contributed by atoms with E-state index in [0.29, 0.717) is 22.1 Å². The van der Waals surface area contributed by atoms with Gasteiger partial charge in [0.2, 0.25) is 5.91 Å². The predicted molar refractivity (Wildman–Crippen MR) is 127 cm³/mol. The Morgan fingerprint density at radius 1 is 0.968 bits per heavy atom. The molecule has 0 heterocycles. The Hall–Kier alpha value is -2.96. The smallest absolute Gasteiger partial charge is 0.262 e. The Balaban J connectivity index is 1.49. The molecule has 2 amide bonds. The van der Waals surface area contributed by atoms with Crippen molar-refractivity contribution in [1.82, 2.24) is 0 Å². The Morgan fingerprint density at radius 3 is 2.39 bits per heavy atom. The molecule has 3 rings (SSSR count). The van der Waals surface area contributed by atoms with E-state index in [1.165, 1.54) is 11.8 Å². The van der Waals surface area contributed by atoms with E-state index in [-0.39, 0.29) is 23.7 Å². The average Bonchev–Trinajstić information content (AvgIpc) is 2.77. The molecular weight excluding hydrogens is 432 g/mol. The van der Waals surface area contributed by atoms with E-state index in [2.05, 4.69) is 10.6 Å². The number of carbonyl (C=O) groups excluding carboxylic acids is 2. The van der Waals surface area contributed by atoms with Crippen LogP contribution in [-0.2, 0) is 9.59 Å². The first-order valence-corrected chi connectivity index (χ1v) is 11.0. The van der Waals surface area contributed by atoms with Gasteiger partial charge in [0, 0.05) is 21.3 Å². The van der Waals surface area contributed by atoms with Gasteiger partial charge in [-0.05, 0) is 67.9 Å². The molecule has 1 unspecified atom stereocenters. The SMILES string of the molecule is Cc1c(Cl)cccc1NC(=O)C(C)Sc1ccc(NC(=O)COc2ccccc2)cc1. The standard InChI is InChI=1S/C24H23ClN2O3S/c1-16-21(25)9-6-10-22(16)27-24(29)17(2)31-20-13-11-18(12-14-20)26-23(28)15-30-19-7-4-3-5-8-19/h3-14,17H,15H2,1-2H3,(H,26,28)(H,27,29). The minimum absolute atomic E-state index is 0.0688. The fraction of sp³-hybridized carbons (Fsp3) is 0.167. The van der Waals surface area contributed by atoms with Crippen LogP contribution in [0, 0.1) is 6.92 Å². The van der Waals surface area contributed by atoms with Gasteiger partial charge >= 0.3 is 0 Å². The normalized spacial score (nSPS) is 11.5. The summed E-state index contributed by atoms with van der Waals surface area (Å²) in [6.07, 6.45) is 0. The number of hydrogen-bond donors (Lipinski definition) is 2. The zero-order valence-corrected chi connectivity index (χ0v) is 18.8. The van der Waals surface area contributed by atoms with Gasteiger partial charge in [0.15, 0.2) is 6.61 Å². The molecule has 7 heteroatoms. The van der Waals surface area contributed by atoms with Crippen molar-refractivity contribution in [3.05, 3.63) is 83.4 Å². The number of rotatable bonds is 8. The third kappa shape index (κ3) is 6.77. The Morgan fingerprint density at radius 2 is 1.68 bits per heavy atom. The van der Waals surface area contributed by atoms with E-state index >= 15 is 0 Å². The molecule has 0 radical (unpaired) electrons. The van der Waals surface area contributed by atoms with Crippen LogP contribution in [0.3, 0.4) is 0 Å². The summed E-state index contributed by atoms with van der Waals surface area (Å²) in [4.78, 5) is 25.5. The van der Waals surface area contributed by atoms with Crippen LogP contribution in [0.1, 0.15) is 12.5 Å². The van der Waals surface area contributed by atoms with E-state index in [4.69, 9.17) is 16.3 Å². The van der Waals surface area contributed by atoms with E-state index in [9.17, 15) is 9.59 Å². The molecule has 0 bridgehead atoms. The van der Waals surface area contributed by atoms with Gasteiger partial charge in [-0.25, -0.2) is 0 Å². The Kier molecular flexibility index (Phi) is 7.98. The number of benzene rings is 3. The lowest BCUT2D eigenvalue weighted by Crippen LogP contribution is -2.22. The van der Waals surface area contributed by atoms with Crippen LogP contribution in [0.2, 0.25) is 5.02 Å². The van der Waals surface area contributed by atoms with Crippen molar-refractivity contribution in [2.45, 2.75) is 24.0 Å². The highest BCUT2D eigenvalue weighted by molar-refractivity contribution is 8.00. The zero-order valence-electron chi connectivity index (χ0n) is 17.2. The van der Waals surface area contributed by atoms with Gasteiger partial charge in [-0.15, -0.1) is 11.8 Å². The highest BCUT2D eigenvalue weighted by Gasteiger charge is 2.16. The van der Waals surface area contributed by atoms with Crippen molar-refractivity contribution in [2.75, 3.05) is 17.2 Å². The van der Waals surface area contributed by atoms with Crippen LogP contribution in [0.5, 0.6) is 5.75 Å². The van der Waals surface area contributed by atoms with Crippen LogP contribution in [0.4, 0.5) is 11.4 Å². The Labute approximate surface area is 191 Å². The molecule has 2 N–H and O–H groups in total. The molecule has 0 aromatic heterocycles. The number of ether oxygens (including phenoxy) is 1. The minimum Gasteiger partial charge on any atom is -0.484 e. The molecule has 160 valence electrons. The maximum atomic E-state index is 12.5. The van der Waals surface area contributed by atoms with Crippen LogP contribution in [0.15, 0.2) is 77.7 Å². The van der Waals surface area contributed by atoms with Crippen molar-refractivity contribution >= 4 is 46.6 Å². The van der Waals surface area contributed by atoms with E-state index < -0.39 is 0 Å². The second-order valence-electron chi connectivity index (χ2n) is 6.84. The fourth-order valence-corrected chi connectivity index (χ4v) is 3.76. The number of hydrogen-bond acceptors (Lipinski definition) is 4. The summed E-state index contributed by atoms with van der Waals surface area (Å²) in [6, 6.07) is 21.9. The largest absolute Gasteiger partial charge is 0.484 e. The van der Waals surface area contributed by atoms with Crippen LogP contribution in [0.25, 0.3) is 0 Å². The van der Waals surface area contributed by atoms with E-state index in [1.54, 1.807) is 36.4 Å². The molecule has 0 saturated heterocycles. The number of amides is 2. The number of thioether (sulfide) groups is 1. The lowest BCUT2D eigenvalue weighted by molar-refractivity contribution is -0.118. The lowest BCUT2D eigenvalue weighted by Gasteiger charge is -2.14. The van der Waals surface area contributed by atoms with Gasteiger partial charge in [0.25, 0.3) is 5.91 Å². The predicted octanol–water partition coefficient (Wildman–Crippen LogP) is 5.79. The Bertz CT molecular complexity index is 1040. The van der Waals surface area contributed by atoms with Gasteiger partial charge in [0.05, 0.1) is 5.25 Å². The first-order chi connectivity index (χ1) is 14.9. The summed E-state index contributed by atoms with van der Waals surface area (Å²) >= 11 is 7.55. The van der Waals surface area contributed by atoms with Crippen LogP contribution < -0.4 is 15.4 Å². The lowest BCUT2D eigenvalue weighted by atomic mass is 10.2. The van der Waals surface area contributed by atoms with Crippen LogP contribution >= 0.6 is 23.4 Å². The molecule has 0 aliphatic rings. The number of halogens is 1. The monoisotopic (exact) mass is 454 g/mol. The summed E-state index contributed by atoms with van der Waals surface area (Å²) < 4.78 is 5.44. The highest BCUT2D eigenvalue weighted by Crippen LogP contribution is 2.27. The van der Waals surface area contributed by atoms with Crippen molar-refractivity contribution in [1.29, 1.82) is 0 Å². The van der Waals surface area contributed by atoms with Gasteiger partial charge < -0.3 is 15.4 Å². The second kappa shape index (κ2) is 10.9. The highest BCUT2D eigenvalue weighted by atomic mass is 35.5. The van der Waals surface area contributed by atoms with E-state index in [1.807, 2.05) is 50.2 Å². The van der Waals surface area contributed by atoms with Gasteiger partial charge in [-0.3, -0.25) is 9.59 Å². The molecule has 5 nitrogen and oxygen atoms in total. The third-order valence-corrected chi connectivity index (χ3v) is 5.98. The number of para-hydroxylation sites is 1. The molecule has 1 atom stereocenters. The first kappa shape index (κ1) is 22.7. The number of anilines is 2. The number of carbonyl (C=O) groups is 2. The molecule has 0 saturated carbocycles. The van der Waals surface area contributed by atoms with Gasteiger partial charge in [-0.2, -0.15) is 0 Å². The van der Waals surface area contributed by atoms with Gasteiger partial charge in [0.1, 0.15) is 5.75 Å². The summed E-state index contributed by atoms with van der Waals surface area (Å²) in [6.45, 7) is 3.64. The van der Waals surface area contributed by atoms with Crippen molar-refractivity contribution < 1.29 is 14.3 Å². The maximum absolute atomic E-state index is 12.5. The van der Waals surface area contributed by atoms with Crippen molar-refractivity contribution in [3.63, 3.8) is 0 Å². The molecule has 0 fully saturated rings. The minimum atomic E-state index is -0.307. The third-order valence-electron chi connectivity index (χ3n) is 4.46. The van der Waals surface area contributed by atoms with E-state index in [0.717, 1.165) is 10.5 Å². The first-order valence-electron chi connectivity index (χ1n) is 9.73. The summed E-state index contributed by atoms with van der Waals surface area (Å²) in [5.74, 6) is 0.296. The second-order valence-corrected chi connectivity index (χ2v) is 8.66. The summed E-state index contributed by atoms with van der Waals surface area (Å²) in [5, 5.41) is 6.02. The van der Waals surface area contributed by atoms with Crippen molar-refractivity contribution in [3.8, 4) is 5.75 Å². The number of nitrogens with one attached hydrogen (secondary N) is 2. The zero-order chi connectivity index (χ0) is 22.2. The molecule has 0 aliphatic heterocycles. The summed E-state index contributed by atoms with van der Waals surface area (Å²) in [7, 11) is 0. The molecule has 31 heavy (non-hydrogen) atoms. The van der Waals surface area contributed by atoms with Crippen LogP contribution in [-0.4, -0.2) is 23.7 Å². The average molecular weight is 455 g/mol. The molecule has 0 spiro atoms. The molecule has 3 aromatic rings. The molecule has 0 aliphatic carbocycles. The molecular formula is C24H23ClN2O3S. The quantitative estimate of drug-likeness (QED) is 0.423. The summed E-state index contributed by atoms with van der Waals surface area (Å²) in [5.41, 5.74) is 2.21.